The highest BCUT2D eigenvalue weighted by Gasteiger charge is 2.11. The van der Waals surface area contributed by atoms with Gasteiger partial charge in [0.1, 0.15) is 0 Å². The maximum atomic E-state index is 2.22. The Balaban J connectivity index is 0.000001000. The molecule has 0 bridgehead atoms. The fourth-order valence-corrected chi connectivity index (χ4v) is 0.938. The molecular weight excluding hydrogens is 134 g/mol. The van der Waals surface area contributed by atoms with Crippen molar-refractivity contribution >= 4 is 0 Å². The highest BCUT2D eigenvalue weighted by atomic mass is 14.2. The highest BCUT2D eigenvalue weighted by Crippen LogP contribution is 2.20. The molecule has 0 saturated heterocycles. The van der Waals surface area contributed by atoms with Crippen molar-refractivity contribution in [3.05, 3.63) is 35.9 Å². The topological polar surface area (TPSA) is 35.0 Å². The number of rotatable bonds is 0. The lowest BCUT2D eigenvalue weighted by Gasteiger charge is -2.18. The molecule has 1 rings (SSSR count). The minimum Gasteiger partial charge on any atom is -0.344 e. The Kier molecular flexibility index (Phi) is 3.27. The molecule has 0 aromatic heterocycles. The second-order valence-electron chi connectivity index (χ2n) is 3.62. The molecule has 0 atom stereocenters. The van der Waals surface area contributed by atoms with Gasteiger partial charge in [0.15, 0.2) is 0 Å². The Bertz CT molecular complexity index is 196. The Labute approximate surface area is 69.0 Å². The van der Waals surface area contributed by atoms with Gasteiger partial charge in [-0.3, -0.25) is 0 Å². The third-order valence-corrected chi connectivity index (χ3v) is 1.64. The maximum absolute atomic E-state index is 2.22. The van der Waals surface area contributed by atoms with Gasteiger partial charge < -0.3 is 6.15 Å². The summed E-state index contributed by atoms with van der Waals surface area (Å²) in [5, 5.41) is 0. The van der Waals surface area contributed by atoms with Crippen molar-refractivity contribution in [2.75, 3.05) is 0 Å². The minimum atomic E-state index is 0. The van der Waals surface area contributed by atoms with Gasteiger partial charge in [-0.1, -0.05) is 51.1 Å². The van der Waals surface area contributed by atoms with Gasteiger partial charge in [0, 0.05) is 0 Å². The van der Waals surface area contributed by atoms with E-state index < -0.39 is 0 Å². The van der Waals surface area contributed by atoms with Gasteiger partial charge >= 0.3 is 0 Å². The van der Waals surface area contributed by atoms with Crippen LogP contribution in [0.15, 0.2) is 30.3 Å². The average Bonchev–Trinajstić information content (AvgIpc) is 1.88. The van der Waals surface area contributed by atoms with E-state index in [0.29, 0.717) is 5.41 Å². The molecule has 1 aromatic rings. The van der Waals surface area contributed by atoms with Crippen LogP contribution in [0.3, 0.4) is 0 Å². The van der Waals surface area contributed by atoms with Crippen molar-refractivity contribution in [1.82, 2.24) is 6.15 Å². The summed E-state index contributed by atoms with van der Waals surface area (Å²) < 4.78 is 0. The average molecular weight is 151 g/mol. The van der Waals surface area contributed by atoms with Crippen LogP contribution in [0.4, 0.5) is 0 Å². The summed E-state index contributed by atoms with van der Waals surface area (Å²) in [6.07, 6.45) is 0. The van der Waals surface area contributed by atoms with E-state index in [0.717, 1.165) is 0 Å². The molecule has 0 amide bonds. The Hall–Kier alpha value is -0.820. The zero-order valence-electron chi connectivity index (χ0n) is 7.59. The summed E-state index contributed by atoms with van der Waals surface area (Å²) in [7, 11) is 0. The van der Waals surface area contributed by atoms with Gasteiger partial charge in [-0.2, -0.15) is 0 Å². The SMILES string of the molecule is CC(C)(C)c1ccccc1.N. The van der Waals surface area contributed by atoms with E-state index >= 15 is 0 Å². The first-order valence-corrected chi connectivity index (χ1v) is 3.66. The molecule has 0 aliphatic carbocycles. The lowest BCUT2D eigenvalue weighted by Crippen LogP contribution is -2.10. The van der Waals surface area contributed by atoms with E-state index in [1.165, 1.54) is 5.56 Å². The first kappa shape index (κ1) is 10.2. The standard InChI is InChI=1S/C10H14.H3N/c1-10(2,3)9-7-5-4-6-8-9;/h4-8H,1-3H3;1H3. The minimum absolute atomic E-state index is 0. The zero-order valence-corrected chi connectivity index (χ0v) is 7.59. The first-order chi connectivity index (χ1) is 4.61. The molecule has 0 unspecified atom stereocenters. The molecule has 0 radical (unpaired) electrons. The van der Waals surface area contributed by atoms with E-state index in [2.05, 4.69) is 51.1 Å². The van der Waals surface area contributed by atoms with Gasteiger partial charge in [-0.25, -0.2) is 0 Å². The van der Waals surface area contributed by atoms with E-state index in [1.54, 1.807) is 0 Å². The summed E-state index contributed by atoms with van der Waals surface area (Å²) in [5.74, 6) is 0. The molecule has 0 fully saturated rings. The molecular formula is C10H17N. The van der Waals surface area contributed by atoms with Crippen molar-refractivity contribution in [3.8, 4) is 0 Å². The number of benzene rings is 1. The largest absolute Gasteiger partial charge is 0.344 e. The van der Waals surface area contributed by atoms with Crippen LogP contribution in [0, 0.1) is 0 Å². The lowest BCUT2D eigenvalue weighted by atomic mass is 9.87. The summed E-state index contributed by atoms with van der Waals surface area (Å²) in [5.41, 5.74) is 1.69. The molecule has 1 nitrogen and oxygen atoms in total. The Morgan fingerprint density at radius 1 is 0.909 bits per heavy atom. The van der Waals surface area contributed by atoms with E-state index in [-0.39, 0.29) is 6.15 Å². The van der Waals surface area contributed by atoms with Crippen LogP contribution >= 0.6 is 0 Å². The monoisotopic (exact) mass is 151 g/mol. The van der Waals surface area contributed by atoms with Gasteiger partial charge in [0.05, 0.1) is 0 Å². The van der Waals surface area contributed by atoms with Crippen molar-refractivity contribution in [1.29, 1.82) is 0 Å². The second-order valence-corrected chi connectivity index (χ2v) is 3.62. The van der Waals surface area contributed by atoms with Crippen LogP contribution in [-0.2, 0) is 5.41 Å². The fourth-order valence-electron chi connectivity index (χ4n) is 0.938. The van der Waals surface area contributed by atoms with E-state index in [4.69, 9.17) is 0 Å². The van der Waals surface area contributed by atoms with Crippen LogP contribution in [0.25, 0.3) is 0 Å². The molecule has 0 saturated carbocycles. The molecule has 0 aliphatic rings. The zero-order chi connectivity index (χ0) is 7.61. The van der Waals surface area contributed by atoms with Gasteiger partial charge in [0.25, 0.3) is 0 Å². The third kappa shape index (κ3) is 2.72. The van der Waals surface area contributed by atoms with Crippen LogP contribution in [-0.4, -0.2) is 0 Å². The van der Waals surface area contributed by atoms with Crippen molar-refractivity contribution < 1.29 is 0 Å². The second kappa shape index (κ2) is 3.54. The highest BCUT2D eigenvalue weighted by molar-refractivity contribution is 5.21. The van der Waals surface area contributed by atoms with Gasteiger partial charge in [0.2, 0.25) is 0 Å². The van der Waals surface area contributed by atoms with Gasteiger partial charge in [-0.05, 0) is 11.0 Å². The molecule has 0 aliphatic heterocycles. The molecule has 62 valence electrons. The third-order valence-electron chi connectivity index (χ3n) is 1.64. The van der Waals surface area contributed by atoms with Crippen LogP contribution in [0.5, 0.6) is 0 Å². The molecule has 11 heavy (non-hydrogen) atoms. The lowest BCUT2D eigenvalue weighted by molar-refractivity contribution is 0.590. The van der Waals surface area contributed by atoms with Crippen LogP contribution < -0.4 is 6.15 Å². The molecule has 0 spiro atoms. The predicted molar refractivity (Wildman–Crippen MR) is 50.2 cm³/mol. The Morgan fingerprint density at radius 2 is 1.36 bits per heavy atom. The van der Waals surface area contributed by atoms with Crippen molar-refractivity contribution in [2.45, 2.75) is 26.2 Å². The van der Waals surface area contributed by atoms with Crippen molar-refractivity contribution in [3.63, 3.8) is 0 Å². The molecule has 1 heteroatoms. The van der Waals surface area contributed by atoms with Crippen molar-refractivity contribution in [2.24, 2.45) is 0 Å². The summed E-state index contributed by atoms with van der Waals surface area (Å²) in [4.78, 5) is 0. The quantitative estimate of drug-likeness (QED) is 0.607. The van der Waals surface area contributed by atoms with E-state index in [9.17, 15) is 0 Å². The predicted octanol–water partition coefficient (Wildman–Crippen LogP) is 3.15. The van der Waals surface area contributed by atoms with E-state index in [1.807, 2.05) is 0 Å². The summed E-state index contributed by atoms with van der Waals surface area (Å²) in [6.45, 7) is 6.67. The maximum Gasteiger partial charge on any atom is -0.0132 e. The fraction of sp³-hybridized carbons (Fsp3) is 0.400. The molecule has 3 N–H and O–H groups in total. The molecule has 0 heterocycles. The van der Waals surface area contributed by atoms with Gasteiger partial charge in [-0.15, -0.1) is 0 Å². The van der Waals surface area contributed by atoms with Crippen LogP contribution in [0.1, 0.15) is 26.3 Å². The van der Waals surface area contributed by atoms with Crippen LogP contribution in [0.2, 0.25) is 0 Å². The Morgan fingerprint density at radius 3 is 1.64 bits per heavy atom. The normalized spacial score (nSPS) is 10.5. The smallest absolute Gasteiger partial charge is 0.0132 e. The first-order valence-electron chi connectivity index (χ1n) is 3.66. The summed E-state index contributed by atoms with van der Waals surface area (Å²) in [6, 6.07) is 10.6. The number of hydrogen-bond donors (Lipinski definition) is 1. The summed E-state index contributed by atoms with van der Waals surface area (Å²) >= 11 is 0. The molecule has 1 aromatic carbocycles. The number of hydrogen-bond acceptors (Lipinski definition) is 1.